The Hall–Kier alpha value is -2.37. The van der Waals surface area contributed by atoms with Gasteiger partial charge in [-0.1, -0.05) is 0 Å². The van der Waals surface area contributed by atoms with Gasteiger partial charge in [0.05, 0.1) is 24.6 Å². The van der Waals surface area contributed by atoms with Crippen LogP contribution in [0.2, 0.25) is 0 Å². The monoisotopic (exact) mass is 305 g/mol. The number of esters is 1. The van der Waals surface area contributed by atoms with Crippen LogP contribution >= 0.6 is 0 Å². The number of methoxy groups -OCH3 is 1. The highest BCUT2D eigenvalue weighted by Gasteiger charge is 2.28. The number of rotatable bonds is 4. The topological polar surface area (TPSA) is 57.5 Å². The van der Waals surface area contributed by atoms with Crippen LogP contribution in [0.25, 0.3) is 10.9 Å². The minimum absolute atomic E-state index is 0.0751. The van der Waals surface area contributed by atoms with E-state index >= 15 is 0 Å². The molecule has 2 aromatic rings. The number of carbonyl (C=O) groups is 1. The highest BCUT2D eigenvalue weighted by molar-refractivity contribution is 5.95. The summed E-state index contributed by atoms with van der Waals surface area (Å²) < 4.78 is 25.7. The number of fused-ring (bicyclic) bond motifs is 1. The van der Waals surface area contributed by atoms with Gasteiger partial charge in [-0.15, -0.1) is 0 Å². The molecule has 0 atom stereocenters. The molecule has 0 N–H and O–H groups in total. The van der Waals surface area contributed by atoms with Gasteiger partial charge >= 0.3 is 5.97 Å². The molecule has 0 bridgehead atoms. The first-order chi connectivity index (χ1) is 10.6. The van der Waals surface area contributed by atoms with Gasteiger partial charge in [0.15, 0.2) is 0 Å². The van der Waals surface area contributed by atoms with Gasteiger partial charge in [-0.3, -0.25) is 4.79 Å². The van der Waals surface area contributed by atoms with Crippen molar-refractivity contribution < 1.29 is 18.7 Å². The molecule has 116 valence electrons. The summed E-state index contributed by atoms with van der Waals surface area (Å²) >= 11 is 0. The molecule has 1 saturated carbocycles. The predicted molar refractivity (Wildman–Crippen MR) is 78.9 cm³/mol. The minimum Gasteiger partial charge on any atom is -0.494 e. The van der Waals surface area contributed by atoms with Crippen LogP contribution in [0.5, 0.6) is 5.75 Å². The summed E-state index contributed by atoms with van der Waals surface area (Å²) in [6.07, 6.45) is 3.39. The van der Waals surface area contributed by atoms with Crippen LogP contribution in [-0.4, -0.2) is 24.3 Å². The van der Waals surface area contributed by atoms with Gasteiger partial charge in [0, 0.05) is 18.3 Å². The highest BCUT2D eigenvalue weighted by Crippen LogP contribution is 2.39. The fourth-order valence-corrected chi connectivity index (χ4v) is 2.57. The van der Waals surface area contributed by atoms with E-state index in [1.165, 1.54) is 19.4 Å². The number of halogens is 1. The van der Waals surface area contributed by atoms with Crippen molar-refractivity contribution in [2.75, 3.05) is 13.7 Å². The summed E-state index contributed by atoms with van der Waals surface area (Å²) in [5.74, 6) is -0.980. The van der Waals surface area contributed by atoms with Crippen molar-refractivity contribution in [2.45, 2.75) is 25.8 Å². The molecule has 0 radical (unpaired) electrons. The molecule has 3 rings (SSSR count). The second kappa shape index (κ2) is 5.44. The maximum Gasteiger partial charge on any atom is 0.343 e. The Morgan fingerprint density at radius 1 is 1.41 bits per heavy atom. The van der Waals surface area contributed by atoms with Gasteiger partial charge in [-0.2, -0.15) is 0 Å². The first-order valence-corrected chi connectivity index (χ1v) is 7.16. The summed E-state index contributed by atoms with van der Waals surface area (Å²) in [5.41, 5.74) is -0.0958. The number of pyridine rings is 1. The fourth-order valence-electron chi connectivity index (χ4n) is 2.57. The summed E-state index contributed by atoms with van der Waals surface area (Å²) in [6, 6.07) is 2.57. The van der Waals surface area contributed by atoms with E-state index in [0.717, 1.165) is 18.9 Å². The van der Waals surface area contributed by atoms with E-state index in [0.29, 0.717) is 5.52 Å². The Balaban J connectivity index is 2.35. The Bertz CT molecular complexity index is 808. The first-order valence-electron chi connectivity index (χ1n) is 7.16. The van der Waals surface area contributed by atoms with E-state index in [4.69, 9.17) is 9.47 Å². The molecule has 0 unspecified atom stereocenters. The van der Waals surface area contributed by atoms with Crippen molar-refractivity contribution in [3.8, 4) is 5.75 Å². The van der Waals surface area contributed by atoms with E-state index in [-0.39, 0.29) is 29.3 Å². The van der Waals surface area contributed by atoms with Crippen LogP contribution in [0.1, 0.15) is 36.2 Å². The Labute approximate surface area is 126 Å². The van der Waals surface area contributed by atoms with Crippen LogP contribution in [-0.2, 0) is 4.74 Å². The summed E-state index contributed by atoms with van der Waals surface area (Å²) in [4.78, 5) is 24.5. The average molecular weight is 305 g/mol. The van der Waals surface area contributed by atoms with Crippen molar-refractivity contribution in [3.63, 3.8) is 0 Å². The van der Waals surface area contributed by atoms with Crippen molar-refractivity contribution in [2.24, 2.45) is 0 Å². The number of hydrogen-bond donors (Lipinski definition) is 0. The van der Waals surface area contributed by atoms with Crippen molar-refractivity contribution >= 4 is 16.9 Å². The van der Waals surface area contributed by atoms with E-state index in [2.05, 4.69) is 0 Å². The Morgan fingerprint density at radius 2 is 2.14 bits per heavy atom. The van der Waals surface area contributed by atoms with Crippen molar-refractivity contribution in [1.29, 1.82) is 0 Å². The molecule has 0 spiro atoms. The highest BCUT2D eigenvalue weighted by atomic mass is 19.1. The second-order valence-electron chi connectivity index (χ2n) is 5.24. The van der Waals surface area contributed by atoms with Crippen LogP contribution in [0.3, 0.4) is 0 Å². The number of benzene rings is 1. The van der Waals surface area contributed by atoms with Gasteiger partial charge in [0.25, 0.3) is 0 Å². The number of aromatic nitrogens is 1. The zero-order valence-corrected chi connectivity index (χ0v) is 12.4. The van der Waals surface area contributed by atoms with Crippen LogP contribution in [0.4, 0.5) is 4.39 Å². The zero-order chi connectivity index (χ0) is 15.9. The molecule has 5 nitrogen and oxygen atoms in total. The second-order valence-corrected chi connectivity index (χ2v) is 5.24. The van der Waals surface area contributed by atoms with Gasteiger partial charge in [0.1, 0.15) is 17.1 Å². The van der Waals surface area contributed by atoms with Crippen LogP contribution in [0, 0.1) is 5.82 Å². The molecule has 1 heterocycles. The van der Waals surface area contributed by atoms with Crippen molar-refractivity contribution in [1.82, 2.24) is 4.57 Å². The standard InChI is InChI=1S/C16H16FNO4/c1-3-22-16(20)12-8-18(10-4-5-10)14-11(15(12)19)6-9(17)7-13(14)21-2/h6-8,10H,3-5H2,1-2H3. The molecule has 1 aliphatic rings. The third-order valence-corrected chi connectivity index (χ3v) is 3.71. The summed E-state index contributed by atoms with van der Waals surface area (Å²) in [6.45, 7) is 1.84. The molecular formula is C16H16FNO4. The van der Waals surface area contributed by atoms with Gasteiger partial charge in [0.2, 0.25) is 5.43 Å². The molecule has 0 aliphatic heterocycles. The van der Waals surface area contributed by atoms with Gasteiger partial charge in [-0.05, 0) is 25.8 Å². The van der Waals surface area contributed by atoms with Crippen molar-refractivity contribution in [3.05, 3.63) is 39.9 Å². The number of hydrogen-bond acceptors (Lipinski definition) is 4. The predicted octanol–water partition coefficient (Wildman–Crippen LogP) is 2.66. The molecule has 1 aromatic carbocycles. The summed E-state index contributed by atoms with van der Waals surface area (Å²) in [5, 5.41) is 0.134. The molecule has 0 amide bonds. The lowest BCUT2D eigenvalue weighted by Gasteiger charge is -2.15. The van der Waals surface area contributed by atoms with Gasteiger partial charge < -0.3 is 14.0 Å². The normalized spacial score (nSPS) is 14.1. The lowest BCUT2D eigenvalue weighted by atomic mass is 10.1. The SMILES string of the molecule is CCOC(=O)c1cn(C2CC2)c2c(OC)cc(F)cc2c1=O. The molecule has 1 aliphatic carbocycles. The van der Waals surface area contributed by atoms with Crippen LogP contribution in [0.15, 0.2) is 23.1 Å². The third kappa shape index (κ3) is 2.34. The van der Waals surface area contributed by atoms with E-state index < -0.39 is 17.2 Å². The maximum atomic E-state index is 13.7. The summed E-state index contributed by atoms with van der Waals surface area (Å²) in [7, 11) is 1.43. The molecule has 22 heavy (non-hydrogen) atoms. The zero-order valence-electron chi connectivity index (χ0n) is 12.4. The van der Waals surface area contributed by atoms with E-state index in [1.54, 1.807) is 6.92 Å². The fraction of sp³-hybridized carbons (Fsp3) is 0.375. The third-order valence-electron chi connectivity index (χ3n) is 3.71. The molecular weight excluding hydrogens is 289 g/mol. The molecule has 6 heteroatoms. The number of nitrogens with zero attached hydrogens (tertiary/aromatic N) is 1. The molecule has 1 fully saturated rings. The minimum atomic E-state index is -0.688. The molecule has 0 saturated heterocycles. The number of ether oxygens (including phenoxy) is 2. The smallest absolute Gasteiger partial charge is 0.343 e. The largest absolute Gasteiger partial charge is 0.494 e. The van der Waals surface area contributed by atoms with Gasteiger partial charge in [-0.25, -0.2) is 9.18 Å². The Morgan fingerprint density at radius 3 is 2.73 bits per heavy atom. The first kappa shape index (κ1) is 14.6. The van der Waals surface area contributed by atoms with E-state index in [9.17, 15) is 14.0 Å². The molecule has 1 aromatic heterocycles. The lowest BCUT2D eigenvalue weighted by molar-refractivity contribution is 0.0524. The van der Waals surface area contributed by atoms with E-state index in [1.807, 2.05) is 4.57 Å². The quantitative estimate of drug-likeness (QED) is 0.815. The maximum absolute atomic E-state index is 13.7. The lowest BCUT2D eigenvalue weighted by Crippen LogP contribution is -2.21. The number of carbonyl (C=O) groups excluding carboxylic acids is 1. The van der Waals surface area contributed by atoms with Crippen LogP contribution < -0.4 is 10.2 Å². The Kier molecular flexibility index (Phi) is 3.60. The average Bonchev–Trinajstić information content (AvgIpc) is 3.32.